The molecule has 5 nitrogen and oxygen atoms in total. The molecule has 1 aromatic carbocycles. The molecule has 0 bridgehead atoms. The second-order valence-electron chi connectivity index (χ2n) is 4.37. The number of nitrogens with zero attached hydrogens (tertiary/aromatic N) is 1. The first-order valence-electron chi connectivity index (χ1n) is 6.66. The van der Waals surface area contributed by atoms with Crippen LogP contribution in [0.2, 0.25) is 0 Å². The number of nitriles is 1. The summed E-state index contributed by atoms with van der Waals surface area (Å²) < 4.78 is 0. The first-order valence-corrected chi connectivity index (χ1v) is 6.66. The Labute approximate surface area is 119 Å². The van der Waals surface area contributed by atoms with Crippen molar-refractivity contribution >= 4 is 11.8 Å². The number of hydrogen-bond donors (Lipinski definition) is 2. The zero-order valence-corrected chi connectivity index (χ0v) is 11.4. The Kier molecular flexibility index (Phi) is 7.51. The van der Waals surface area contributed by atoms with Crippen molar-refractivity contribution in [2.24, 2.45) is 0 Å². The number of nitrogens with one attached hydrogen (secondary N) is 2. The summed E-state index contributed by atoms with van der Waals surface area (Å²) in [7, 11) is 0. The molecule has 5 heteroatoms. The second-order valence-corrected chi connectivity index (χ2v) is 4.37. The van der Waals surface area contributed by atoms with Crippen molar-refractivity contribution in [2.45, 2.75) is 25.7 Å². The van der Waals surface area contributed by atoms with Crippen LogP contribution in [0.25, 0.3) is 0 Å². The van der Waals surface area contributed by atoms with Crippen molar-refractivity contribution in [3.8, 4) is 6.07 Å². The fourth-order valence-corrected chi connectivity index (χ4v) is 1.67. The lowest BCUT2D eigenvalue weighted by Crippen LogP contribution is -2.29. The lowest BCUT2D eigenvalue weighted by molar-refractivity contribution is -0.121. The van der Waals surface area contributed by atoms with Crippen molar-refractivity contribution in [2.75, 3.05) is 13.1 Å². The Balaban J connectivity index is 2.03. The fourth-order valence-electron chi connectivity index (χ4n) is 1.67. The van der Waals surface area contributed by atoms with Gasteiger partial charge in [-0.05, 0) is 18.4 Å². The highest BCUT2D eigenvalue weighted by molar-refractivity contribution is 5.78. The SMILES string of the molecule is N#CCC(=O)NCCCNC(=O)CCc1ccccc1. The van der Waals surface area contributed by atoms with Gasteiger partial charge in [-0.25, -0.2) is 0 Å². The van der Waals surface area contributed by atoms with Crippen LogP contribution in [0, 0.1) is 11.3 Å². The molecule has 1 aromatic rings. The number of amides is 2. The van der Waals surface area contributed by atoms with E-state index in [2.05, 4.69) is 10.6 Å². The maximum Gasteiger partial charge on any atom is 0.234 e. The van der Waals surface area contributed by atoms with Crippen LogP contribution >= 0.6 is 0 Å². The van der Waals surface area contributed by atoms with E-state index in [1.807, 2.05) is 30.3 Å². The predicted octanol–water partition coefficient (Wildman–Crippen LogP) is 1.16. The average Bonchev–Trinajstić information content (AvgIpc) is 2.46. The highest BCUT2D eigenvalue weighted by atomic mass is 16.2. The number of carbonyl (C=O) groups is 2. The standard InChI is InChI=1S/C15H19N3O2/c16-10-9-15(20)18-12-4-11-17-14(19)8-7-13-5-2-1-3-6-13/h1-3,5-6H,4,7-9,11-12H2,(H,17,19)(H,18,20). The van der Waals surface area contributed by atoms with Gasteiger partial charge in [0.05, 0.1) is 6.07 Å². The van der Waals surface area contributed by atoms with Crippen molar-refractivity contribution in [1.82, 2.24) is 10.6 Å². The van der Waals surface area contributed by atoms with E-state index in [4.69, 9.17) is 5.26 Å². The van der Waals surface area contributed by atoms with Crippen molar-refractivity contribution < 1.29 is 9.59 Å². The van der Waals surface area contributed by atoms with E-state index < -0.39 is 0 Å². The Morgan fingerprint density at radius 1 is 1.05 bits per heavy atom. The van der Waals surface area contributed by atoms with Crippen LogP contribution < -0.4 is 10.6 Å². The molecule has 0 spiro atoms. The van der Waals surface area contributed by atoms with Gasteiger partial charge in [0.1, 0.15) is 6.42 Å². The number of carbonyl (C=O) groups excluding carboxylic acids is 2. The van der Waals surface area contributed by atoms with Crippen LogP contribution in [0.5, 0.6) is 0 Å². The number of benzene rings is 1. The summed E-state index contributed by atoms with van der Waals surface area (Å²) in [6.45, 7) is 1.000. The maximum atomic E-state index is 11.6. The molecule has 0 radical (unpaired) electrons. The van der Waals surface area contributed by atoms with Crippen LogP contribution in [-0.2, 0) is 16.0 Å². The van der Waals surface area contributed by atoms with Gasteiger partial charge in [0, 0.05) is 19.5 Å². The molecule has 0 saturated heterocycles. The minimum atomic E-state index is -0.275. The topological polar surface area (TPSA) is 82.0 Å². The largest absolute Gasteiger partial charge is 0.356 e. The van der Waals surface area contributed by atoms with E-state index >= 15 is 0 Å². The monoisotopic (exact) mass is 273 g/mol. The van der Waals surface area contributed by atoms with Gasteiger partial charge in [-0.3, -0.25) is 9.59 Å². The summed E-state index contributed by atoms with van der Waals surface area (Å²) in [6.07, 6.45) is 1.73. The van der Waals surface area contributed by atoms with Crippen LogP contribution in [0.4, 0.5) is 0 Å². The van der Waals surface area contributed by atoms with E-state index in [9.17, 15) is 9.59 Å². The summed E-state index contributed by atoms with van der Waals surface area (Å²) in [5, 5.41) is 13.7. The van der Waals surface area contributed by atoms with Crippen molar-refractivity contribution in [3.05, 3.63) is 35.9 Å². The van der Waals surface area contributed by atoms with Gasteiger partial charge in [-0.2, -0.15) is 5.26 Å². The molecular formula is C15H19N3O2. The number of hydrogen-bond acceptors (Lipinski definition) is 3. The van der Waals surface area contributed by atoms with Gasteiger partial charge in [0.15, 0.2) is 0 Å². The van der Waals surface area contributed by atoms with Crippen molar-refractivity contribution in [1.29, 1.82) is 5.26 Å². The third-order valence-corrected chi connectivity index (χ3v) is 2.72. The van der Waals surface area contributed by atoms with Gasteiger partial charge in [0.2, 0.25) is 11.8 Å². The molecular weight excluding hydrogens is 254 g/mol. The minimum absolute atomic E-state index is 0.0113. The molecule has 0 atom stereocenters. The molecule has 2 amide bonds. The molecule has 0 fully saturated rings. The maximum absolute atomic E-state index is 11.6. The summed E-state index contributed by atoms with van der Waals surface area (Å²) >= 11 is 0. The smallest absolute Gasteiger partial charge is 0.234 e. The first kappa shape index (κ1) is 15.7. The van der Waals surface area contributed by atoms with Crippen LogP contribution in [-0.4, -0.2) is 24.9 Å². The molecule has 0 saturated carbocycles. The number of rotatable bonds is 8. The molecule has 2 N–H and O–H groups in total. The van der Waals surface area contributed by atoms with Gasteiger partial charge < -0.3 is 10.6 Å². The molecule has 0 aliphatic heterocycles. The zero-order valence-electron chi connectivity index (χ0n) is 11.4. The highest BCUT2D eigenvalue weighted by Gasteiger charge is 2.02. The molecule has 0 aromatic heterocycles. The summed E-state index contributed by atoms with van der Waals surface area (Å²) in [5.74, 6) is -0.264. The minimum Gasteiger partial charge on any atom is -0.356 e. The summed E-state index contributed by atoms with van der Waals surface area (Å²) in [4.78, 5) is 22.6. The highest BCUT2D eigenvalue weighted by Crippen LogP contribution is 2.01. The quantitative estimate of drug-likeness (QED) is 0.697. The van der Waals surface area contributed by atoms with Crippen LogP contribution in [0.3, 0.4) is 0 Å². The van der Waals surface area contributed by atoms with E-state index in [1.165, 1.54) is 0 Å². The van der Waals surface area contributed by atoms with Gasteiger partial charge in [-0.1, -0.05) is 30.3 Å². The van der Waals surface area contributed by atoms with Gasteiger partial charge in [-0.15, -0.1) is 0 Å². The lowest BCUT2D eigenvalue weighted by Gasteiger charge is -2.06. The molecule has 106 valence electrons. The van der Waals surface area contributed by atoms with E-state index in [-0.39, 0.29) is 18.2 Å². The molecule has 0 aliphatic carbocycles. The Morgan fingerprint density at radius 2 is 1.70 bits per heavy atom. The van der Waals surface area contributed by atoms with Gasteiger partial charge in [0.25, 0.3) is 0 Å². The van der Waals surface area contributed by atoms with E-state index in [0.717, 1.165) is 12.0 Å². The number of aryl methyl sites for hydroxylation is 1. The predicted molar refractivity (Wildman–Crippen MR) is 75.6 cm³/mol. The van der Waals surface area contributed by atoms with E-state index in [0.29, 0.717) is 25.9 Å². The lowest BCUT2D eigenvalue weighted by atomic mass is 10.1. The fraction of sp³-hybridized carbons (Fsp3) is 0.400. The molecule has 0 unspecified atom stereocenters. The first-order chi connectivity index (χ1) is 9.72. The molecule has 20 heavy (non-hydrogen) atoms. The third kappa shape index (κ3) is 7.17. The summed E-state index contributed by atoms with van der Waals surface area (Å²) in [5.41, 5.74) is 1.14. The van der Waals surface area contributed by atoms with Crippen LogP contribution in [0.15, 0.2) is 30.3 Å². The zero-order chi connectivity index (χ0) is 14.6. The average molecular weight is 273 g/mol. The molecule has 0 aliphatic rings. The molecule has 1 rings (SSSR count). The Morgan fingerprint density at radius 3 is 2.35 bits per heavy atom. The normalized spacial score (nSPS) is 9.55. The second kappa shape index (κ2) is 9.56. The van der Waals surface area contributed by atoms with Gasteiger partial charge >= 0.3 is 0 Å². The Hall–Kier alpha value is -2.35. The van der Waals surface area contributed by atoms with E-state index in [1.54, 1.807) is 6.07 Å². The third-order valence-electron chi connectivity index (χ3n) is 2.72. The van der Waals surface area contributed by atoms with Crippen LogP contribution in [0.1, 0.15) is 24.8 Å². The summed E-state index contributed by atoms with van der Waals surface area (Å²) in [6, 6.07) is 11.6. The molecule has 0 heterocycles. The Bertz CT molecular complexity index is 466. The van der Waals surface area contributed by atoms with Crippen molar-refractivity contribution in [3.63, 3.8) is 0 Å².